The monoisotopic (exact) mass is 562 g/mol. The van der Waals surface area contributed by atoms with Gasteiger partial charge in [0.1, 0.15) is 17.0 Å². The molecule has 0 radical (unpaired) electrons. The van der Waals surface area contributed by atoms with Crippen LogP contribution < -0.4 is 10.0 Å². The van der Waals surface area contributed by atoms with Crippen molar-refractivity contribution in [3.05, 3.63) is 89.9 Å². The van der Waals surface area contributed by atoms with E-state index in [-0.39, 0.29) is 30.2 Å². The first-order valence-corrected chi connectivity index (χ1v) is 14.6. The van der Waals surface area contributed by atoms with E-state index in [2.05, 4.69) is 5.32 Å². The molecule has 3 unspecified atom stereocenters. The minimum absolute atomic E-state index is 0.185. The van der Waals surface area contributed by atoms with Gasteiger partial charge in [-0.2, -0.15) is 9.04 Å². The Bertz CT molecular complexity index is 1530. The van der Waals surface area contributed by atoms with Crippen LogP contribution in [-0.4, -0.2) is 66.4 Å². The van der Waals surface area contributed by atoms with Gasteiger partial charge in [-0.3, -0.25) is 14.4 Å². The molecule has 3 heterocycles. The highest BCUT2D eigenvalue weighted by atomic mass is 32.2. The number of hydrogen-bond donors (Lipinski definition) is 1. The maximum absolute atomic E-state index is 13.6. The topological polar surface area (TPSA) is 131 Å². The molecule has 40 heavy (non-hydrogen) atoms. The van der Waals surface area contributed by atoms with E-state index >= 15 is 0 Å². The van der Waals surface area contributed by atoms with Crippen LogP contribution in [-0.2, 0) is 19.6 Å². The second-order valence-corrected chi connectivity index (χ2v) is 11.9. The van der Waals surface area contributed by atoms with Crippen LogP contribution in [0.15, 0.2) is 84.0 Å². The third-order valence-corrected chi connectivity index (χ3v) is 9.30. The number of amides is 2. The summed E-state index contributed by atoms with van der Waals surface area (Å²) in [7, 11) is -4.12. The molecule has 1 aromatic heterocycles. The summed E-state index contributed by atoms with van der Waals surface area (Å²) in [4.78, 5) is 41.0. The number of sulfonamides is 1. The van der Waals surface area contributed by atoms with Crippen molar-refractivity contribution in [2.45, 2.75) is 49.2 Å². The molecule has 2 aromatic carbocycles. The van der Waals surface area contributed by atoms with Gasteiger partial charge in [0.25, 0.3) is 5.91 Å². The molecule has 11 heteroatoms. The van der Waals surface area contributed by atoms with E-state index < -0.39 is 40.0 Å². The van der Waals surface area contributed by atoms with Gasteiger partial charge in [0.15, 0.2) is 18.2 Å². The van der Waals surface area contributed by atoms with E-state index in [0.717, 1.165) is 21.6 Å². The zero-order chi connectivity index (χ0) is 28.4. The standard InChI is InChI=1S/C29H30N4O6S/c1-2-7-24(30-28(35)22-13-11-21(12-14-22)20-8-4-3-5-9-20)29(36)32-17-15-25-27(32)26(34)19-33(25)40(38,39)23-10-6-16-31(37)18-23/h3-6,8-14,16,18,24-25,27H,2,7,15,17,19H2,1H3,(H,30,35). The quantitative estimate of drug-likeness (QED) is 0.331. The molecule has 1 N–H and O–H groups in total. The van der Waals surface area contributed by atoms with Crippen molar-refractivity contribution in [2.24, 2.45) is 0 Å². The average molecular weight is 563 g/mol. The van der Waals surface area contributed by atoms with Gasteiger partial charge >= 0.3 is 0 Å². The molecule has 3 aromatic rings. The second kappa shape index (κ2) is 11.2. The van der Waals surface area contributed by atoms with Gasteiger partial charge in [0, 0.05) is 18.2 Å². The van der Waals surface area contributed by atoms with Crippen molar-refractivity contribution < 1.29 is 27.5 Å². The Balaban J connectivity index is 1.31. The number of likely N-dealkylation sites (tertiary alicyclic amines) is 1. The molecule has 2 amide bonds. The summed E-state index contributed by atoms with van der Waals surface area (Å²) in [5, 5.41) is 14.5. The number of rotatable bonds is 8. The number of Topliss-reactive ketones (excluding diaryl/α,β-unsaturated/α-hetero) is 1. The highest BCUT2D eigenvalue weighted by Gasteiger charge is 2.54. The summed E-state index contributed by atoms with van der Waals surface area (Å²) < 4.78 is 28.0. The Labute approximate surface area is 232 Å². The van der Waals surface area contributed by atoms with Crippen LogP contribution in [0.1, 0.15) is 36.5 Å². The van der Waals surface area contributed by atoms with Crippen LogP contribution in [0.25, 0.3) is 11.1 Å². The lowest BCUT2D eigenvalue weighted by molar-refractivity contribution is -0.607. The molecule has 10 nitrogen and oxygen atoms in total. The maximum atomic E-state index is 13.6. The Morgan fingerprint density at radius 2 is 1.75 bits per heavy atom. The minimum atomic E-state index is -4.12. The van der Waals surface area contributed by atoms with E-state index in [9.17, 15) is 28.0 Å². The summed E-state index contributed by atoms with van der Waals surface area (Å²) in [5.41, 5.74) is 2.38. The Morgan fingerprint density at radius 3 is 2.42 bits per heavy atom. The van der Waals surface area contributed by atoms with E-state index in [1.165, 1.54) is 23.2 Å². The van der Waals surface area contributed by atoms with E-state index in [4.69, 9.17) is 0 Å². The number of benzene rings is 2. The van der Waals surface area contributed by atoms with Crippen LogP contribution in [0.5, 0.6) is 0 Å². The molecule has 0 spiro atoms. The molecule has 2 fully saturated rings. The molecule has 3 atom stereocenters. The van der Waals surface area contributed by atoms with Crippen molar-refractivity contribution in [2.75, 3.05) is 13.1 Å². The highest BCUT2D eigenvalue weighted by Crippen LogP contribution is 2.34. The number of ketones is 1. The van der Waals surface area contributed by atoms with Crippen molar-refractivity contribution >= 4 is 27.6 Å². The van der Waals surface area contributed by atoms with Crippen molar-refractivity contribution in [1.82, 2.24) is 14.5 Å². The first-order valence-electron chi connectivity index (χ1n) is 13.2. The predicted molar refractivity (Wildman–Crippen MR) is 146 cm³/mol. The van der Waals surface area contributed by atoms with Crippen molar-refractivity contribution in [3.63, 3.8) is 0 Å². The number of nitrogens with one attached hydrogen (secondary N) is 1. The molecule has 2 saturated heterocycles. The number of hydrogen-bond acceptors (Lipinski definition) is 6. The highest BCUT2D eigenvalue weighted by molar-refractivity contribution is 7.89. The molecular weight excluding hydrogens is 532 g/mol. The van der Waals surface area contributed by atoms with Crippen molar-refractivity contribution in [3.8, 4) is 11.1 Å². The molecule has 208 valence electrons. The number of pyridine rings is 1. The second-order valence-electron chi connectivity index (χ2n) is 10.0. The molecular formula is C29H30N4O6S. The summed E-state index contributed by atoms with van der Waals surface area (Å²) >= 11 is 0. The first-order chi connectivity index (χ1) is 19.2. The minimum Gasteiger partial charge on any atom is -0.619 e. The Hall–Kier alpha value is -4.09. The maximum Gasteiger partial charge on any atom is 0.251 e. The van der Waals surface area contributed by atoms with E-state index in [0.29, 0.717) is 23.1 Å². The van der Waals surface area contributed by atoms with Crippen LogP contribution in [0.2, 0.25) is 0 Å². The van der Waals surface area contributed by atoms with Gasteiger partial charge in [0.2, 0.25) is 15.9 Å². The van der Waals surface area contributed by atoms with Gasteiger partial charge < -0.3 is 15.4 Å². The number of fused-ring (bicyclic) bond motifs is 1. The fraction of sp³-hybridized carbons (Fsp3) is 0.310. The largest absolute Gasteiger partial charge is 0.619 e. The summed E-state index contributed by atoms with van der Waals surface area (Å²) in [6, 6.07) is 17.0. The number of carbonyl (C=O) groups is 3. The van der Waals surface area contributed by atoms with Gasteiger partial charge in [-0.05, 0) is 42.2 Å². The third kappa shape index (κ3) is 5.22. The molecule has 0 aliphatic carbocycles. The van der Waals surface area contributed by atoms with Gasteiger partial charge in [-0.1, -0.05) is 55.8 Å². The fourth-order valence-corrected chi connectivity index (χ4v) is 7.13. The van der Waals surface area contributed by atoms with Crippen LogP contribution in [0.3, 0.4) is 0 Å². The average Bonchev–Trinajstić information content (AvgIpc) is 3.54. The van der Waals surface area contributed by atoms with Crippen LogP contribution >= 0.6 is 0 Å². The Kier molecular flexibility index (Phi) is 7.68. The third-order valence-electron chi connectivity index (χ3n) is 7.45. The lowest BCUT2D eigenvalue weighted by atomic mass is 10.0. The Morgan fingerprint density at radius 1 is 1.05 bits per heavy atom. The van der Waals surface area contributed by atoms with Crippen LogP contribution in [0.4, 0.5) is 0 Å². The molecule has 5 rings (SSSR count). The van der Waals surface area contributed by atoms with E-state index in [1.807, 2.05) is 49.4 Å². The normalized spacial score (nSPS) is 19.8. The molecule has 2 aliphatic rings. The van der Waals surface area contributed by atoms with Gasteiger partial charge in [-0.15, -0.1) is 0 Å². The SMILES string of the molecule is CCCC(NC(=O)c1ccc(-c2ccccc2)cc1)C(=O)N1CCC2C1C(=O)CN2S(=O)(=O)c1ccc[n+]([O-])c1. The van der Waals surface area contributed by atoms with E-state index in [1.54, 1.807) is 12.1 Å². The smallest absolute Gasteiger partial charge is 0.251 e. The summed E-state index contributed by atoms with van der Waals surface area (Å²) in [5.74, 6) is -1.20. The van der Waals surface area contributed by atoms with Gasteiger partial charge in [0.05, 0.1) is 12.6 Å². The number of carbonyl (C=O) groups excluding carboxylic acids is 3. The summed E-state index contributed by atoms with van der Waals surface area (Å²) in [6.07, 6.45) is 3.38. The summed E-state index contributed by atoms with van der Waals surface area (Å²) in [6.45, 7) is 1.70. The zero-order valence-electron chi connectivity index (χ0n) is 22.0. The number of aromatic nitrogens is 1. The zero-order valence-corrected chi connectivity index (χ0v) is 22.8. The van der Waals surface area contributed by atoms with Gasteiger partial charge in [-0.25, -0.2) is 8.42 Å². The lowest BCUT2D eigenvalue weighted by Crippen LogP contribution is -2.52. The fourth-order valence-electron chi connectivity index (χ4n) is 5.50. The lowest BCUT2D eigenvalue weighted by Gasteiger charge is -2.28. The predicted octanol–water partition coefficient (Wildman–Crippen LogP) is 2.13. The molecule has 0 saturated carbocycles. The number of nitrogens with zero attached hydrogens (tertiary/aromatic N) is 3. The first kappa shape index (κ1) is 27.5. The van der Waals surface area contributed by atoms with Crippen LogP contribution in [0, 0.1) is 5.21 Å². The van der Waals surface area contributed by atoms with Crippen molar-refractivity contribution in [1.29, 1.82) is 0 Å². The molecule has 2 aliphatic heterocycles. The molecule has 0 bridgehead atoms.